The molecule has 33 heavy (non-hydrogen) atoms. The fourth-order valence-electron chi connectivity index (χ4n) is 4.45. The first-order valence-electron chi connectivity index (χ1n) is 11.4. The molecule has 1 aliphatic heterocycles. The highest BCUT2D eigenvalue weighted by Crippen LogP contribution is 2.32. The summed E-state index contributed by atoms with van der Waals surface area (Å²) >= 11 is 0. The molecular formula is C27H33N3O3. The second kappa shape index (κ2) is 9.32. The summed E-state index contributed by atoms with van der Waals surface area (Å²) in [4.78, 5) is 17.6. The molecule has 3 heterocycles. The van der Waals surface area contributed by atoms with Crippen LogP contribution in [-0.2, 0) is 4.74 Å². The van der Waals surface area contributed by atoms with E-state index in [1.807, 2.05) is 63.6 Å². The number of aromatic nitrogens is 1. The maximum atomic E-state index is 13.3. The van der Waals surface area contributed by atoms with E-state index in [1.165, 1.54) is 5.56 Å². The highest BCUT2D eigenvalue weighted by molar-refractivity contribution is 5.95. The Bertz CT molecular complexity index is 1190. The van der Waals surface area contributed by atoms with Gasteiger partial charge in [-0.05, 0) is 48.2 Å². The van der Waals surface area contributed by atoms with Crippen LogP contribution in [0.25, 0.3) is 11.2 Å². The van der Waals surface area contributed by atoms with Gasteiger partial charge in [0.1, 0.15) is 5.75 Å². The number of anilines is 1. The van der Waals surface area contributed by atoms with Crippen molar-refractivity contribution in [2.45, 2.75) is 26.7 Å². The maximum absolute atomic E-state index is 13.3. The minimum Gasteiger partial charge on any atom is -0.423 e. The number of hydrogen-bond donors (Lipinski definition) is 0. The number of morpholine rings is 1. The Morgan fingerprint density at radius 1 is 1.15 bits per heavy atom. The number of carbonyl (C=O) groups is 1. The van der Waals surface area contributed by atoms with Gasteiger partial charge < -0.3 is 23.7 Å². The minimum atomic E-state index is -0.366. The highest BCUT2D eigenvalue weighted by atomic mass is 16.5. The van der Waals surface area contributed by atoms with Crippen molar-refractivity contribution in [3.8, 4) is 5.75 Å². The van der Waals surface area contributed by atoms with E-state index < -0.39 is 0 Å². The average molecular weight is 448 g/mol. The number of fused-ring (bicyclic) bond motifs is 1. The Balaban J connectivity index is 1.70. The third-order valence-electron chi connectivity index (χ3n) is 6.27. The second-order valence-electron chi connectivity index (χ2n) is 9.04. The topological polar surface area (TPSA) is 46.4 Å². The van der Waals surface area contributed by atoms with Crippen molar-refractivity contribution < 1.29 is 14.3 Å². The molecule has 174 valence electrons. The van der Waals surface area contributed by atoms with Crippen molar-refractivity contribution in [3.05, 3.63) is 71.6 Å². The van der Waals surface area contributed by atoms with E-state index in [1.54, 1.807) is 0 Å². The van der Waals surface area contributed by atoms with Crippen LogP contribution >= 0.6 is 0 Å². The standard InChI is InChI=1S/C27H33N3O3/c1-18(2)23-10-9-22(17-25(23)28(5)6)33-27(31)24-16-21-8-7-11-30(21)26(19(24)3)20(4)29-12-14-32-15-13-29/h7-11,16-18H,4,12-15H2,1-3,5-6H3. The minimum absolute atomic E-state index is 0.366. The van der Waals surface area contributed by atoms with Crippen LogP contribution in [0.3, 0.4) is 0 Å². The molecule has 0 spiro atoms. The number of carbonyl (C=O) groups excluding carboxylic acids is 1. The van der Waals surface area contributed by atoms with E-state index in [9.17, 15) is 4.79 Å². The molecule has 1 aromatic carbocycles. The third-order valence-corrected chi connectivity index (χ3v) is 6.27. The molecule has 3 aromatic rings. The molecule has 0 amide bonds. The molecule has 0 unspecified atom stereocenters. The van der Waals surface area contributed by atoms with Gasteiger partial charge in [0, 0.05) is 50.7 Å². The third kappa shape index (κ3) is 4.48. The summed E-state index contributed by atoms with van der Waals surface area (Å²) in [5.74, 6) is 0.547. The average Bonchev–Trinajstić information content (AvgIpc) is 3.26. The zero-order valence-electron chi connectivity index (χ0n) is 20.2. The first-order chi connectivity index (χ1) is 15.8. The smallest absolute Gasteiger partial charge is 0.343 e. The van der Waals surface area contributed by atoms with E-state index in [2.05, 4.69) is 34.6 Å². The fourth-order valence-corrected chi connectivity index (χ4v) is 4.45. The van der Waals surface area contributed by atoms with Crippen LogP contribution in [0, 0.1) is 6.92 Å². The molecule has 2 aromatic heterocycles. The van der Waals surface area contributed by atoms with Gasteiger partial charge in [-0.2, -0.15) is 0 Å². The largest absolute Gasteiger partial charge is 0.423 e. The number of pyridine rings is 1. The van der Waals surface area contributed by atoms with E-state index in [0.717, 1.165) is 41.2 Å². The molecule has 0 aliphatic carbocycles. The molecule has 0 atom stereocenters. The monoisotopic (exact) mass is 447 g/mol. The van der Waals surface area contributed by atoms with Gasteiger partial charge >= 0.3 is 5.97 Å². The Kier molecular flexibility index (Phi) is 6.47. The SMILES string of the molecule is C=C(c1c(C)c(C(=O)Oc2ccc(C(C)C)c(N(C)C)c2)cc2cccn12)N1CCOCC1. The summed E-state index contributed by atoms with van der Waals surface area (Å²) in [7, 11) is 4.00. The number of ether oxygens (including phenoxy) is 2. The van der Waals surface area contributed by atoms with Crippen molar-refractivity contribution >= 4 is 22.9 Å². The zero-order chi connectivity index (χ0) is 23.7. The lowest BCUT2D eigenvalue weighted by Gasteiger charge is -2.31. The van der Waals surface area contributed by atoms with Crippen LogP contribution in [0.4, 0.5) is 5.69 Å². The van der Waals surface area contributed by atoms with Gasteiger partial charge in [-0.15, -0.1) is 0 Å². The quantitative estimate of drug-likeness (QED) is 0.395. The van der Waals surface area contributed by atoms with Crippen LogP contribution in [0.15, 0.2) is 49.2 Å². The Morgan fingerprint density at radius 2 is 1.88 bits per heavy atom. The van der Waals surface area contributed by atoms with Crippen molar-refractivity contribution in [1.82, 2.24) is 9.30 Å². The number of rotatable bonds is 6. The summed E-state index contributed by atoms with van der Waals surface area (Å²) < 4.78 is 13.5. The molecular weight excluding hydrogens is 414 g/mol. The normalized spacial score (nSPS) is 14.1. The molecule has 1 aliphatic rings. The van der Waals surface area contributed by atoms with Gasteiger partial charge in [0.15, 0.2) is 0 Å². The summed E-state index contributed by atoms with van der Waals surface area (Å²) in [5, 5.41) is 0. The second-order valence-corrected chi connectivity index (χ2v) is 9.04. The van der Waals surface area contributed by atoms with Gasteiger partial charge in [0.2, 0.25) is 0 Å². The zero-order valence-corrected chi connectivity index (χ0v) is 20.2. The molecule has 4 rings (SSSR count). The molecule has 1 saturated heterocycles. The lowest BCUT2D eigenvalue weighted by atomic mass is 10.0. The van der Waals surface area contributed by atoms with Gasteiger partial charge in [-0.25, -0.2) is 4.79 Å². The molecule has 6 heteroatoms. The van der Waals surface area contributed by atoms with E-state index in [4.69, 9.17) is 9.47 Å². The summed E-state index contributed by atoms with van der Waals surface area (Å²) in [6.45, 7) is 13.6. The van der Waals surface area contributed by atoms with Gasteiger partial charge in [-0.1, -0.05) is 26.5 Å². The van der Waals surface area contributed by atoms with Gasteiger partial charge in [0.05, 0.1) is 30.2 Å². The molecule has 0 N–H and O–H groups in total. The fraction of sp³-hybridized carbons (Fsp3) is 0.370. The summed E-state index contributed by atoms with van der Waals surface area (Å²) in [6.07, 6.45) is 2.01. The lowest BCUT2D eigenvalue weighted by Crippen LogP contribution is -2.35. The van der Waals surface area contributed by atoms with Gasteiger partial charge in [-0.3, -0.25) is 0 Å². The summed E-state index contributed by atoms with van der Waals surface area (Å²) in [5.41, 5.74) is 6.42. The number of esters is 1. The van der Waals surface area contributed by atoms with E-state index in [0.29, 0.717) is 30.4 Å². The Hall–Kier alpha value is -3.25. The number of hydrogen-bond acceptors (Lipinski definition) is 5. The van der Waals surface area contributed by atoms with Crippen LogP contribution in [0.5, 0.6) is 5.75 Å². The number of benzene rings is 1. The molecule has 0 saturated carbocycles. The molecule has 6 nitrogen and oxygen atoms in total. The first-order valence-corrected chi connectivity index (χ1v) is 11.4. The predicted octanol–water partition coefficient (Wildman–Crippen LogP) is 4.96. The van der Waals surface area contributed by atoms with Crippen LogP contribution in [-0.4, -0.2) is 55.7 Å². The van der Waals surface area contributed by atoms with Crippen molar-refractivity contribution in [3.63, 3.8) is 0 Å². The van der Waals surface area contributed by atoms with Crippen LogP contribution < -0.4 is 9.64 Å². The van der Waals surface area contributed by atoms with Crippen LogP contribution in [0.1, 0.15) is 46.9 Å². The lowest BCUT2D eigenvalue weighted by molar-refractivity contribution is 0.0638. The van der Waals surface area contributed by atoms with E-state index in [-0.39, 0.29) is 5.97 Å². The Labute approximate surface area is 196 Å². The molecule has 0 radical (unpaired) electrons. The van der Waals surface area contributed by atoms with Gasteiger partial charge in [0.25, 0.3) is 0 Å². The van der Waals surface area contributed by atoms with Crippen LogP contribution in [0.2, 0.25) is 0 Å². The Morgan fingerprint density at radius 3 is 2.55 bits per heavy atom. The van der Waals surface area contributed by atoms with Crippen molar-refractivity contribution in [2.75, 3.05) is 45.3 Å². The first kappa shape index (κ1) is 22.9. The summed E-state index contributed by atoms with van der Waals surface area (Å²) in [6, 6.07) is 11.7. The number of nitrogens with zero attached hydrogens (tertiary/aromatic N) is 3. The molecule has 1 fully saturated rings. The predicted molar refractivity (Wildman–Crippen MR) is 133 cm³/mol. The molecule has 0 bridgehead atoms. The van der Waals surface area contributed by atoms with E-state index >= 15 is 0 Å². The maximum Gasteiger partial charge on any atom is 0.343 e. The van der Waals surface area contributed by atoms with Crippen molar-refractivity contribution in [1.29, 1.82) is 0 Å². The van der Waals surface area contributed by atoms with Crippen molar-refractivity contribution in [2.24, 2.45) is 0 Å². The highest BCUT2D eigenvalue weighted by Gasteiger charge is 2.23.